The molecule has 0 spiro atoms. The summed E-state index contributed by atoms with van der Waals surface area (Å²) in [6.45, 7) is 2.02. The van der Waals surface area contributed by atoms with Gasteiger partial charge in [0.05, 0.1) is 11.3 Å². The van der Waals surface area contributed by atoms with Gasteiger partial charge in [0.2, 0.25) is 0 Å². The minimum Gasteiger partial charge on any atom is -0.396 e. The standard InChI is InChI=1S/C18H26N4O2/c1-12-15-10-14(11-19-17(15)22(2)21-12)18(24)20-16(8-9-23)13-6-4-3-5-7-13/h10-11,13,16,23H,3-9H2,1-2H3,(H,20,24). The molecule has 1 unspecified atom stereocenters. The Morgan fingerprint density at radius 2 is 2.17 bits per heavy atom. The SMILES string of the molecule is Cc1nn(C)c2ncc(C(=O)NC(CCO)C3CCCCC3)cc12. The van der Waals surface area contributed by atoms with E-state index in [1.807, 2.05) is 20.0 Å². The molecule has 130 valence electrons. The molecule has 24 heavy (non-hydrogen) atoms. The van der Waals surface area contributed by atoms with Crippen LogP contribution in [0.25, 0.3) is 11.0 Å². The molecule has 1 fully saturated rings. The van der Waals surface area contributed by atoms with Crippen molar-refractivity contribution < 1.29 is 9.90 Å². The van der Waals surface area contributed by atoms with Crippen LogP contribution in [0.3, 0.4) is 0 Å². The van der Waals surface area contributed by atoms with Gasteiger partial charge in [-0.3, -0.25) is 9.48 Å². The molecule has 0 radical (unpaired) electrons. The summed E-state index contributed by atoms with van der Waals surface area (Å²) in [5, 5.41) is 17.7. The smallest absolute Gasteiger partial charge is 0.253 e. The molecule has 2 aromatic rings. The molecule has 0 aromatic carbocycles. The molecule has 3 rings (SSSR count). The number of fused-ring (bicyclic) bond motifs is 1. The van der Waals surface area contributed by atoms with Gasteiger partial charge in [-0.15, -0.1) is 0 Å². The van der Waals surface area contributed by atoms with Gasteiger partial charge in [0.1, 0.15) is 0 Å². The van der Waals surface area contributed by atoms with Gasteiger partial charge in [-0.05, 0) is 38.2 Å². The number of rotatable bonds is 5. The topological polar surface area (TPSA) is 80.0 Å². The lowest BCUT2D eigenvalue weighted by molar-refractivity contribution is 0.0899. The van der Waals surface area contributed by atoms with Gasteiger partial charge in [0, 0.05) is 31.3 Å². The van der Waals surface area contributed by atoms with E-state index in [1.54, 1.807) is 10.9 Å². The fourth-order valence-electron chi connectivity index (χ4n) is 3.79. The summed E-state index contributed by atoms with van der Waals surface area (Å²) in [7, 11) is 1.85. The number of aliphatic hydroxyl groups excluding tert-OH is 1. The van der Waals surface area contributed by atoms with Crippen LogP contribution in [0.15, 0.2) is 12.3 Å². The quantitative estimate of drug-likeness (QED) is 0.882. The maximum absolute atomic E-state index is 12.7. The van der Waals surface area contributed by atoms with Crippen LogP contribution < -0.4 is 5.32 Å². The lowest BCUT2D eigenvalue weighted by atomic mass is 9.82. The Bertz CT molecular complexity index is 719. The predicted molar refractivity (Wildman–Crippen MR) is 92.8 cm³/mol. The second-order valence-electron chi connectivity index (χ2n) is 6.79. The summed E-state index contributed by atoms with van der Waals surface area (Å²) in [5.74, 6) is 0.350. The first-order valence-corrected chi connectivity index (χ1v) is 8.81. The molecular weight excluding hydrogens is 304 g/mol. The van der Waals surface area contributed by atoms with E-state index in [2.05, 4.69) is 15.4 Å². The van der Waals surface area contributed by atoms with Gasteiger partial charge in [0.15, 0.2) is 5.65 Å². The van der Waals surface area contributed by atoms with Crippen molar-refractivity contribution in [1.29, 1.82) is 0 Å². The number of aromatic nitrogens is 3. The summed E-state index contributed by atoms with van der Waals surface area (Å²) >= 11 is 0. The van der Waals surface area contributed by atoms with E-state index in [4.69, 9.17) is 0 Å². The zero-order valence-electron chi connectivity index (χ0n) is 14.5. The highest BCUT2D eigenvalue weighted by atomic mass is 16.3. The Hall–Kier alpha value is -1.95. The molecule has 1 aliphatic carbocycles. The van der Waals surface area contributed by atoms with Crippen LogP contribution in [0, 0.1) is 12.8 Å². The van der Waals surface area contributed by atoms with Gasteiger partial charge in [0.25, 0.3) is 5.91 Å². The van der Waals surface area contributed by atoms with Crippen molar-refractivity contribution in [3.05, 3.63) is 23.5 Å². The summed E-state index contributed by atoms with van der Waals surface area (Å²) in [6.07, 6.45) is 8.18. The molecule has 6 heteroatoms. The van der Waals surface area contributed by atoms with Crippen LogP contribution in [0.2, 0.25) is 0 Å². The Kier molecular flexibility index (Phi) is 5.14. The third kappa shape index (κ3) is 3.43. The fourth-order valence-corrected chi connectivity index (χ4v) is 3.79. The van der Waals surface area contributed by atoms with Gasteiger partial charge in [-0.2, -0.15) is 5.10 Å². The third-order valence-electron chi connectivity index (χ3n) is 5.10. The molecule has 2 N–H and O–H groups in total. The first-order valence-electron chi connectivity index (χ1n) is 8.81. The van der Waals surface area contributed by atoms with E-state index in [1.165, 1.54) is 19.3 Å². The Morgan fingerprint density at radius 3 is 2.88 bits per heavy atom. The Morgan fingerprint density at radius 1 is 1.42 bits per heavy atom. The molecule has 0 bridgehead atoms. The van der Waals surface area contributed by atoms with Crippen molar-refractivity contribution in [3.63, 3.8) is 0 Å². The molecule has 1 amide bonds. The van der Waals surface area contributed by atoms with Crippen LogP contribution >= 0.6 is 0 Å². The number of nitrogens with one attached hydrogen (secondary N) is 1. The fraction of sp³-hybridized carbons (Fsp3) is 0.611. The second-order valence-corrected chi connectivity index (χ2v) is 6.79. The number of hydrogen-bond donors (Lipinski definition) is 2. The summed E-state index contributed by atoms with van der Waals surface area (Å²) in [6, 6.07) is 1.89. The summed E-state index contributed by atoms with van der Waals surface area (Å²) < 4.78 is 1.73. The lowest BCUT2D eigenvalue weighted by Crippen LogP contribution is -2.41. The maximum atomic E-state index is 12.7. The number of amides is 1. The lowest BCUT2D eigenvalue weighted by Gasteiger charge is -2.30. The zero-order valence-corrected chi connectivity index (χ0v) is 14.5. The minimum atomic E-state index is -0.114. The average molecular weight is 330 g/mol. The van der Waals surface area contributed by atoms with Crippen LogP contribution in [0.1, 0.15) is 54.6 Å². The van der Waals surface area contributed by atoms with Crippen LogP contribution in [-0.4, -0.2) is 38.4 Å². The summed E-state index contributed by atoms with van der Waals surface area (Å²) in [4.78, 5) is 17.1. The van der Waals surface area contributed by atoms with Crippen LogP contribution in [0.5, 0.6) is 0 Å². The number of carbonyl (C=O) groups is 1. The van der Waals surface area contributed by atoms with E-state index in [-0.39, 0.29) is 18.6 Å². The van der Waals surface area contributed by atoms with Crippen molar-refractivity contribution in [2.24, 2.45) is 13.0 Å². The molecule has 1 atom stereocenters. The molecule has 0 saturated heterocycles. The molecule has 6 nitrogen and oxygen atoms in total. The number of nitrogens with zero attached hydrogens (tertiary/aromatic N) is 3. The summed E-state index contributed by atoms with van der Waals surface area (Å²) in [5.41, 5.74) is 2.20. The van der Waals surface area contributed by atoms with Crippen molar-refractivity contribution >= 4 is 16.9 Å². The monoisotopic (exact) mass is 330 g/mol. The molecule has 2 heterocycles. The van der Waals surface area contributed by atoms with Crippen LogP contribution in [-0.2, 0) is 7.05 Å². The highest BCUT2D eigenvalue weighted by Gasteiger charge is 2.25. The minimum absolute atomic E-state index is 0.0356. The molecular formula is C18H26N4O2. The largest absolute Gasteiger partial charge is 0.396 e. The number of carbonyl (C=O) groups excluding carboxylic acids is 1. The predicted octanol–water partition coefficient (Wildman–Crippen LogP) is 2.34. The van der Waals surface area contributed by atoms with E-state index < -0.39 is 0 Å². The van der Waals surface area contributed by atoms with E-state index in [0.717, 1.165) is 29.6 Å². The Balaban J connectivity index is 1.78. The van der Waals surface area contributed by atoms with Crippen molar-refractivity contribution in [2.45, 2.75) is 51.5 Å². The second kappa shape index (κ2) is 7.30. The number of aryl methyl sites for hydroxylation is 2. The Labute approximate surface area is 142 Å². The zero-order chi connectivity index (χ0) is 17.1. The molecule has 0 aliphatic heterocycles. The van der Waals surface area contributed by atoms with Gasteiger partial charge in [-0.25, -0.2) is 4.98 Å². The third-order valence-corrected chi connectivity index (χ3v) is 5.10. The number of aliphatic hydroxyl groups is 1. The van der Waals surface area contributed by atoms with Crippen LogP contribution in [0.4, 0.5) is 0 Å². The average Bonchev–Trinajstić information content (AvgIpc) is 2.89. The van der Waals surface area contributed by atoms with E-state index in [0.29, 0.717) is 17.9 Å². The van der Waals surface area contributed by atoms with Crippen molar-refractivity contribution in [2.75, 3.05) is 6.61 Å². The highest BCUT2D eigenvalue weighted by Crippen LogP contribution is 2.28. The molecule has 1 saturated carbocycles. The van der Waals surface area contributed by atoms with E-state index >= 15 is 0 Å². The van der Waals surface area contributed by atoms with Crippen molar-refractivity contribution in [3.8, 4) is 0 Å². The van der Waals surface area contributed by atoms with Gasteiger partial charge in [-0.1, -0.05) is 19.3 Å². The van der Waals surface area contributed by atoms with Gasteiger partial charge < -0.3 is 10.4 Å². The van der Waals surface area contributed by atoms with Gasteiger partial charge >= 0.3 is 0 Å². The first kappa shape index (κ1) is 16.9. The first-order chi connectivity index (χ1) is 11.6. The molecule has 1 aliphatic rings. The van der Waals surface area contributed by atoms with Crippen molar-refractivity contribution in [1.82, 2.24) is 20.1 Å². The van der Waals surface area contributed by atoms with E-state index in [9.17, 15) is 9.90 Å². The normalized spacial score (nSPS) is 17.1. The number of hydrogen-bond acceptors (Lipinski definition) is 4. The highest BCUT2D eigenvalue weighted by molar-refractivity contribution is 5.97. The maximum Gasteiger partial charge on any atom is 0.253 e. The molecule has 2 aromatic heterocycles. The number of pyridine rings is 1.